The van der Waals surface area contributed by atoms with Crippen molar-refractivity contribution in [2.24, 2.45) is 0 Å². The summed E-state index contributed by atoms with van der Waals surface area (Å²) in [5.41, 5.74) is 0.296. The van der Waals surface area contributed by atoms with Crippen molar-refractivity contribution in [1.82, 2.24) is 0 Å². The van der Waals surface area contributed by atoms with Gasteiger partial charge in [0.05, 0.1) is 17.0 Å². The van der Waals surface area contributed by atoms with Crippen LogP contribution < -0.4 is 0 Å². The fraction of sp³-hybridized carbons (Fsp3) is 0.286. The molecule has 0 aliphatic heterocycles. The quantitative estimate of drug-likeness (QED) is 0.795. The lowest BCUT2D eigenvalue weighted by molar-refractivity contribution is 0.117. The summed E-state index contributed by atoms with van der Waals surface area (Å²) in [6, 6.07) is 11.8. The van der Waals surface area contributed by atoms with Gasteiger partial charge in [0.25, 0.3) is 0 Å². The van der Waals surface area contributed by atoms with E-state index < -0.39 is 5.41 Å². The van der Waals surface area contributed by atoms with Crippen LogP contribution in [-0.2, 0) is 11.8 Å². The Morgan fingerprint density at radius 3 is 2.32 bits per heavy atom. The van der Waals surface area contributed by atoms with E-state index in [1.807, 2.05) is 36.4 Å². The Morgan fingerprint density at radius 2 is 1.79 bits per heavy atom. The molecule has 0 aliphatic rings. The molecule has 0 aliphatic carbocycles. The number of rotatable bonds is 5. The maximum absolute atomic E-state index is 9.81. The van der Waals surface area contributed by atoms with E-state index in [0.717, 1.165) is 18.7 Å². The molecule has 0 amide bonds. The van der Waals surface area contributed by atoms with E-state index in [2.05, 4.69) is 31.9 Å². The van der Waals surface area contributed by atoms with Crippen LogP contribution in [0.2, 0.25) is 0 Å². The first-order chi connectivity index (χ1) is 9.09. The van der Waals surface area contributed by atoms with Gasteiger partial charge < -0.3 is 10.2 Å². The van der Waals surface area contributed by atoms with Gasteiger partial charge in [-0.3, -0.25) is 0 Å². The minimum atomic E-state index is -0.645. The molecule has 1 heterocycles. The number of hydrogen-bond acceptors (Lipinski definition) is 3. The molecule has 0 bridgehead atoms. The highest BCUT2D eigenvalue weighted by molar-refractivity contribution is 9.11. The Hall–Kier alpha value is -0.200. The maximum Gasteiger partial charge on any atom is 0.0701 e. The molecule has 0 saturated carbocycles. The normalized spacial score (nSPS) is 11.8. The van der Waals surface area contributed by atoms with Crippen LogP contribution in [0.15, 0.2) is 44.7 Å². The van der Waals surface area contributed by atoms with Gasteiger partial charge in [0.2, 0.25) is 0 Å². The van der Waals surface area contributed by atoms with Crippen LogP contribution >= 0.6 is 43.2 Å². The molecule has 0 atom stereocenters. The van der Waals surface area contributed by atoms with Crippen LogP contribution in [-0.4, -0.2) is 23.4 Å². The zero-order chi connectivity index (χ0) is 13.9. The van der Waals surface area contributed by atoms with Crippen molar-refractivity contribution >= 4 is 43.2 Å². The van der Waals surface area contributed by atoms with Crippen molar-refractivity contribution in [3.05, 3.63) is 55.1 Å². The van der Waals surface area contributed by atoms with Crippen molar-refractivity contribution < 1.29 is 10.2 Å². The van der Waals surface area contributed by atoms with Crippen molar-refractivity contribution in [3.63, 3.8) is 0 Å². The number of thiophene rings is 1. The van der Waals surface area contributed by atoms with Crippen LogP contribution in [0.3, 0.4) is 0 Å². The van der Waals surface area contributed by atoms with Crippen molar-refractivity contribution in [3.8, 4) is 0 Å². The Labute approximate surface area is 133 Å². The first kappa shape index (κ1) is 15.2. The lowest BCUT2D eigenvalue weighted by Crippen LogP contribution is -2.37. The molecule has 0 unspecified atom stereocenters. The van der Waals surface area contributed by atoms with E-state index in [4.69, 9.17) is 0 Å². The van der Waals surface area contributed by atoms with Crippen LogP contribution in [0.5, 0.6) is 0 Å². The zero-order valence-corrected chi connectivity index (χ0v) is 14.1. The Bertz CT molecular complexity index is 550. The topological polar surface area (TPSA) is 40.5 Å². The smallest absolute Gasteiger partial charge is 0.0701 e. The van der Waals surface area contributed by atoms with Gasteiger partial charge in [-0.05, 0) is 52.2 Å². The van der Waals surface area contributed by atoms with Gasteiger partial charge >= 0.3 is 0 Å². The summed E-state index contributed by atoms with van der Waals surface area (Å²) in [6.45, 7) is -0.176. The highest BCUT2D eigenvalue weighted by Crippen LogP contribution is 2.33. The number of benzene rings is 1. The minimum Gasteiger partial charge on any atom is -0.395 e. The minimum absolute atomic E-state index is 0.0878. The van der Waals surface area contributed by atoms with Crippen molar-refractivity contribution in [2.75, 3.05) is 13.2 Å². The third-order valence-corrected chi connectivity index (χ3v) is 5.30. The van der Waals surface area contributed by atoms with E-state index in [1.54, 1.807) is 11.3 Å². The first-order valence-electron chi connectivity index (χ1n) is 5.81. The van der Waals surface area contributed by atoms with Gasteiger partial charge in [-0.25, -0.2) is 0 Å². The molecule has 1 aromatic heterocycles. The van der Waals surface area contributed by atoms with E-state index in [0.29, 0.717) is 6.42 Å². The van der Waals surface area contributed by atoms with Gasteiger partial charge in [-0.1, -0.05) is 28.1 Å². The van der Waals surface area contributed by atoms with E-state index in [-0.39, 0.29) is 13.2 Å². The van der Waals surface area contributed by atoms with Gasteiger partial charge in [-0.2, -0.15) is 0 Å². The second kappa shape index (κ2) is 6.50. The molecule has 2 N–H and O–H groups in total. The largest absolute Gasteiger partial charge is 0.395 e. The summed E-state index contributed by atoms with van der Waals surface area (Å²) in [4.78, 5) is 1.13. The van der Waals surface area contributed by atoms with Gasteiger partial charge in [0.1, 0.15) is 0 Å². The molecule has 0 saturated heterocycles. The first-order valence-corrected chi connectivity index (χ1v) is 8.22. The predicted octanol–water partition coefficient (Wildman–Crippen LogP) is 3.74. The highest BCUT2D eigenvalue weighted by Gasteiger charge is 2.32. The predicted molar refractivity (Wildman–Crippen MR) is 85.7 cm³/mol. The summed E-state index contributed by atoms with van der Waals surface area (Å²) < 4.78 is 2.00. The van der Waals surface area contributed by atoms with E-state index >= 15 is 0 Å². The van der Waals surface area contributed by atoms with Gasteiger partial charge in [-0.15, -0.1) is 11.3 Å². The average molecular weight is 406 g/mol. The van der Waals surface area contributed by atoms with Crippen LogP contribution in [0.4, 0.5) is 0 Å². The maximum atomic E-state index is 9.81. The molecular formula is C14H14Br2O2S. The molecule has 2 aromatic rings. The molecule has 5 heteroatoms. The monoisotopic (exact) mass is 404 g/mol. The summed E-state index contributed by atoms with van der Waals surface area (Å²) in [5, 5.41) is 19.6. The molecule has 0 fully saturated rings. The second-order valence-corrected chi connectivity index (χ2v) is 7.95. The average Bonchev–Trinajstić information content (AvgIpc) is 2.81. The van der Waals surface area contributed by atoms with E-state index in [9.17, 15) is 10.2 Å². The zero-order valence-electron chi connectivity index (χ0n) is 10.1. The SMILES string of the molecule is OCC(CO)(Cc1ccc(Br)s1)c1cccc(Br)c1. The molecule has 2 nitrogen and oxygen atoms in total. The molecule has 102 valence electrons. The number of halogens is 2. The number of aliphatic hydroxyl groups excluding tert-OH is 2. The standard InChI is InChI=1S/C14H14Br2O2S/c15-11-3-1-2-10(6-11)14(8-17,9-18)7-12-4-5-13(16)19-12/h1-6,17-18H,7-9H2. The Morgan fingerprint density at radius 1 is 1.05 bits per heavy atom. The van der Waals surface area contributed by atoms with E-state index in [1.165, 1.54) is 0 Å². The van der Waals surface area contributed by atoms with Gasteiger partial charge in [0.15, 0.2) is 0 Å². The lowest BCUT2D eigenvalue weighted by Gasteiger charge is -2.30. The Kier molecular flexibility index (Phi) is 5.20. The fourth-order valence-electron chi connectivity index (χ4n) is 2.05. The molecule has 19 heavy (non-hydrogen) atoms. The van der Waals surface area contributed by atoms with Crippen LogP contribution in [0, 0.1) is 0 Å². The molecule has 1 aromatic carbocycles. The third kappa shape index (κ3) is 3.47. The summed E-state index contributed by atoms with van der Waals surface area (Å²) in [5.74, 6) is 0. The second-order valence-electron chi connectivity index (χ2n) is 4.49. The number of aliphatic hydroxyl groups is 2. The van der Waals surface area contributed by atoms with Crippen molar-refractivity contribution in [2.45, 2.75) is 11.8 Å². The third-order valence-electron chi connectivity index (χ3n) is 3.18. The molecule has 2 rings (SSSR count). The summed E-state index contributed by atoms with van der Waals surface area (Å²) in [7, 11) is 0. The molecule has 0 radical (unpaired) electrons. The number of hydrogen-bond donors (Lipinski definition) is 2. The van der Waals surface area contributed by atoms with Gasteiger partial charge in [0, 0.05) is 14.8 Å². The van der Waals surface area contributed by atoms with Crippen molar-refractivity contribution in [1.29, 1.82) is 0 Å². The lowest BCUT2D eigenvalue weighted by atomic mass is 9.78. The Balaban J connectivity index is 2.37. The van der Waals surface area contributed by atoms with Crippen LogP contribution in [0.1, 0.15) is 10.4 Å². The van der Waals surface area contributed by atoms with Crippen LogP contribution in [0.25, 0.3) is 0 Å². The fourth-order valence-corrected chi connectivity index (χ4v) is 4.07. The summed E-state index contributed by atoms with van der Waals surface area (Å²) >= 11 is 8.50. The summed E-state index contributed by atoms with van der Waals surface area (Å²) in [6.07, 6.45) is 0.618. The molecule has 0 spiro atoms. The highest BCUT2D eigenvalue weighted by atomic mass is 79.9. The molecular weight excluding hydrogens is 392 g/mol.